The molecular formula is C16H16F3NO. The minimum atomic E-state index is -3.20. The van der Waals surface area contributed by atoms with E-state index >= 15 is 0 Å². The van der Waals surface area contributed by atoms with E-state index in [0.717, 1.165) is 5.56 Å². The van der Waals surface area contributed by atoms with E-state index in [9.17, 15) is 13.2 Å². The lowest BCUT2D eigenvalue weighted by Gasteiger charge is -2.23. The molecule has 0 spiro atoms. The highest BCUT2D eigenvalue weighted by molar-refractivity contribution is 5.31. The first kappa shape index (κ1) is 15.5. The lowest BCUT2D eigenvalue weighted by molar-refractivity contribution is -0.0487. The van der Waals surface area contributed by atoms with Crippen molar-refractivity contribution in [2.45, 2.75) is 12.0 Å². The summed E-state index contributed by atoms with van der Waals surface area (Å²) < 4.78 is 39.5. The summed E-state index contributed by atoms with van der Waals surface area (Å²) >= 11 is 0. The van der Waals surface area contributed by atoms with Gasteiger partial charge in [0.2, 0.25) is 0 Å². The van der Waals surface area contributed by atoms with E-state index in [-0.39, 0.29) is 5.82 Å². The molecule has 0 aromatic heterocycles. The molecule has 2 aromatic rings. The van der Waals surface area contributed by atoms with Gasteiger partial charge in [-0.25, -0.2) is 13.2 Å². The van der Waals surface area contributed by atoms with E-state index in [1.807, 2.05) is 6.07 Å². The number of alkyl halides is 2. The molecule has 0 radical (unpaired) electrons. The Morgan fingerprint density at radius 2 is 1.52 bits per heavy atom. The molecule has 0 fully saturated rings. The number of halogens is 3. The highest BCUT2D eigenvalue weighted by Gasteiger charge is 2.29. The van der Waals surface area contributed by atoms with Gasteiger partial charge in [0.15, 0.2) is 0 Å². The van der Waals surface area contributed by atoms with Crippen LogP contribution in [0.2, 0.25) is 0 Å². The zero-order valence-corrected chi connectivity index (χ0v) is 11.3. The van der Waals surface area contributed by atoms with Gasteiger partial charge in [-0.1, -0.05) is 42.5 Å². The minimum Gasteiger partial charge on any atom is -0.390 e. The summed E-state index contributed by atoms with van der Waals surface area (Å²) in [4.78, 5) is 0. The molecule has 1 unspecified atom stereocenters. The average Bonchev–Trinajstić information content (AvgIpc) is 2.50. The van der Waals surface area contributed by atoms with Crippen LogP contribution in [0.15, 0.2) is 54.6 Å². The Morgan fingerprint density at radius 1 is 0.952 bits per heavy atom. The van der Waals surface area contributed by atoms with Crippen molar-refractivity contribution in [3.8, 4) is 0 Å². The molecule has 2 nitrogen and oxygen atoms in total. The molecular weight excluding hydrogens is 279 g/mol. The van der Waals surface area contributed by atoms with Crippen LogP contribution < -0.4 is 5.32 Å². The fraction of sp³-hybridized carbons (Fsp3) is 0.250. The van der Waals surface area contributed by atoms with Crippen LogP contribution in [0.4, 0.5) is 13.2 Å². The average molecular weight is 295 g/mol. The van der Waals surface area contributed by atoms with Crippen LogP contribution in [0.25, 0.3) is 0 Å². The number of benzene rings is 2. The second-order valence-corrected chi connectivity index (χ2v) is 4.79. The molecule has 0 aliphatic carbocycles. The Kier molecular flexibility index (Phi) is 4.98. The SMILES string of the molecule is OCC(F)(F)CNC(c1ccccc1)c1ccc(F)cc1. The molecule has 0 saturated heterocycles. The lowest BCUT2D eigenvalue weighted by atomic mass is 9.98. The van der Waals surface area contributed by atoms with Gasteiger partial charge in [0.05, 0.1) is 12.6 Å². The third-order valence-corrected chi connectivity index (χ3v) is 3.13. The number of hydrogen-bond donors (Lipinski definition) is 2. The molecule has 112 valence electrons. The molecule has 0 heterocycles. The number of hydrogen-bond acceptors (Lipinski definition) is 2. The first-order valence-electron chi connectivity index (χ1n) is 6.54. The Balaban J connectivity index is 2.25. The lowest BCUT2D eigenvalue weighted by Crippen LogP contribution is -2.38. The summed E-state index contributed by atoms with van der Waals surface area (Å²) in [6, 6.07) is 14.2. The summed E-state index contributed by atoms with van der Waals surface area (Å²) in [7, 11) is 0. The number of aliphatic hydroxyl groups is 1. The third kappa shape index (κ3) is 4.31. The van der Waals surface area contributed by atoms with Crippen LogP contribution in [0.1, 0.15) is 17.2 Å². The second-order valence-electron chi connectivity index (χ2n) is 4.79. The van der Waals surface area contributed by atoms with Crippen LogP contribution in [0.3, 0.4) is 0 Å². The van der Waals surface area contributed by atoms with E-state index in [4.69, 9.17) is 5.11 Å². The maximum Gasteiger partial charge on any atom is 0.282 e. The topological polar surface area (TPSA) is 32.3 Å². The van der Waals surface area contributed by atoms with Gasteiger partial charge >= 0.3 is 0 Å². The summed E-state index contributed by atoms with van der Waals surface area (Å²) in [5, 5.41) is 11.4. The van der Waals surface area contributed by atoms with E-state index < -0.39 is 25.1 Å². The van der Waals surface area contributed by atoms with Gasteiger partial charge in [0.1, 0.15) is 12.4 Å². The molecule has 0 saturated carbocycles. The number of nitrogens with one attached hydrogen (secondary N) is 1. The first-order valence-corrected chi connectivity index (χ1v) is 6.54. The summed E-state index contributed by atoms with van der Waals surface area (Å²) in [6.07, 6.45) is 0. The molecule has 1 atom stereocenters. The molecule has 2 N–H and O–H groups in total. The van der Waals surface area contributed by atoms with Gasteiger partial charge in [-0.15, -0.1) is 0 Å². The van der Waals surface area contributed by atoms with Gasteiger partial charge in [0.25, 0.3) is 5.92 Å². The van der Waals surface area contributed by atoms with Gasteiger partial charge < -0.3 is 10.4 Å². The van der Waals surface area contributed by atoms with Crippen LogP contribution in [-0.2, 0) is 0 Å². The number of rotatable bonds is 6. The van der Waals surface area contributed by atoms with Crippen molar-refractivity contribution in [2.75, 3.05) is 13.2 Å². The largest absolute Gasteiger partial charge is 0.390 e. The van der Waals surface area contributed by atoms with Crippen molar-refractivity contribution in [1.82, 2.24) is 5.32 Å². The first-order chi connectivity index (χ1) is 10.0. The maximum absolute atomic E-state index is 13.2. The quantitative estimate of drug-likeness (QED) is 0.858. The van der Waals surface area contributed by atoms with E-state index in [2.05, 4.69) is 5.32 Å². The van der Waals surface area contributed by atoms with E-state index in [0.29, 0.717) is 5.56 Å². The smallest absolute Gasteiger partial charge is 0.282 e. The summed E-state index contributed by atoms with van der Waals surface area (Å²) in [5.41, 5.74) is 1.47. The minimum absolute atomic E-state index is 0.383. The van der Waals surface area contributed by atoms with Crippen LogP contribution in [0.5, 0.6) is 0 Å². The van der Waals surface area contributed by atoms with E-state index in [1.54, 1.807) is 36.4 Å². The molecule has 0 aliphatic heterocycles. The molecule has 0 amide bonds. The van der Waals surface area contributed by atoms with Gasteiger partial charge in [0, 0.05) is 0 Å². The van der Waals surface area contributed by atoms with Gasteiger partial charge in [-0.3, -0.25) is 0 Å². The van der Waals surface area contributed by atoms with Crippen molar-refractivity contribution < 1.29 is 18.3 Å². The Labute approximate surface area is 121 Å². The van der Waals surface area contributed by atoms with Crippen molar-refractivity contribution in [3.63, 3.8) is 0 Å². The maximum atomic E-state index is 13.2. The van der Waals surface area contributed by atoms with Crippen LogP contribution in [0, 0.1) is 5.82 Å². The summed E-state index contributed by atoms with van der Waals surface area (Å²) in [6.45, 7) is -1.88. The molecule has 2 aromatic carbocycles. The predicted octanol–water partition coefficient (Wildman–Crippen LogP) is 3.13. The van der Waals surface area contributed by atoms with Crippen molar-refractivity contribution in [2.24, 2.45) is 0 Å². The third-order valence-electron chi connectivity index (χ3n) is 3.13. The summed E-state index contributed by atoms with van der Waals surface area (Å²) in [5.74, 6) is -3.58. The van der Waals surface area contributed by atoms with Crippen molar-refractivity contribution in [1.29, 1.82) is 0 Å². The predicted molar refractivity (Wildman–Crippen MR) is 74.7 cm³/mol. The standard InChI is InChI=1S/C16H16F3NO/c17-14-8-6-13(7-9-14)15(12-4-2-1-3-5-12)20-10-16(18,19)11-21/h1-9,15,20-21H,10-11H2. The molecule has 5 heteroatoms. The molecule has 2 rings (SSSR count). The fourth-order valence-corrected chi connectivity index (χ4v) is 2.04. The Hall–Kier alpha value is -1.85. The fourth-order valence-electron chi connectivity index (χ4n) is 2.04. The van der Waals surface area contributed by atoms with Crippen LogP contribution >= 0.6 is 0 Å². The second kappa shape index (κ2) is 6.74. The molecule has 21 heavy (non-hydrogen) atoms. The van der Waals surface area contributed by atoms with E-state index in [1.165, 1.54) is 12.1 Å². The highest BCUT2D eigenvalue weighted by atomic mass is 19.3. The Morgan fingerprint density at radius 3 is 2.10 bits per heavy atom. The van der Waals surface area contributed by atoms with Crippen molar-refractivity contribution in [3.05, 3.63) is 71.5 Å². The molecule has 0 bridgehead atoms. The Bertz CT molecular complexity index is 557. The van der Waals surface area contributed by atoms with Crippen LogP contribution in [-0.4, -0.2) is 24.2 Å². The number of aliphatic hydroxyl groups excluding tert-OH is 1. The van der Waals surface area contributed by atoms with Crippen molar-refractivity contribution >= 4 is 0 Å². The zero-order valence-electron chi connectivity index (χ0n) is 11.3. The van der Waals surface area contributed by atoms with Gasteiger partial charge in [-0.05, 0) is 23.3 Å². The van der Waals surface area contributed by atoms with Gasteiger partial charge in [-0.2, -0.15) is 0 Å². The highest BCUT2D eigenvalue weighted by Crippen LogP contribution is 2.23. The molecule has 0 aliphatic rings. The normalized spacial score (nSPS) is 13.1. The zero-order chi connectivity index (χ0) is 15.3. The monoisotopic (exact) mass is 295 g/mol.